The lowest BCUT2D eigenvalue weighted by Gasteiger charge is -2.46. The van der Waals surface area contributed by atoms with Gasteiger partial charge in [0, 0.05) is 6.42 Å². The average molecular weight is 904 g/mol. The molecule has 2 saturated heterocycles. The smallest absolute Gasteiger partial charge is 0.220 e. The zero-order chi connectivity index (χ0) is 46.1. The van der Waals surface area contributed by atoms with Gasteiger partial charge in [-0.15, -0.1) is 0 Å². The van der Waals surface area contributed by atoms with Gasteiger partial charge in [-0.1, -0.05) is 167 Å². The lowest BCUT2D eigenvalue weighted by molar-refractivity contribution is -0.359. The summed E-state index contributed by atoms with van der Waals surface area (Å²) in [5, 5.41) is 86.6. The Bertz CT molecular complexity index is 1120. The van der Waals surface area contributed by atoms with E-state index in [4.69, 9.17) is 18.9 Å². The van der Waals surface area contributed by atoms with E-state index < -0.39 is 86.8 Å². The summed E-state index contributed by atoms with van der Waals surface area (Å²) < 4.78 is 22.7. The normalized spacial score (nSPS) is 27.5. The molecule has 0 aromatic heterocycles. The van der Waals surface area contributed by atoms with Crippen molar-refractivity contribution in [3.8, 4) is 0 Å². The molecule has 9 N–H and O–H groups in total. The topological polar surface area (TPSA) is 228 Å². The molecule has 2 rings (SSSR count). The van der Waals surface area contributed by atoms with Crippen molar-refractivity contribution in [1.29, 1.82) is 0 Å². The van der Waals surface area contributed by atoms with Gasteiger partial charge in [-0.3, -0.25) is 4.79 Å². The number of aliphatic hydroxyl groups excluding tert-OH is 8. The molecule has 2 aliphatic heterocycles. The van der Waals surface area contributed by atoms with Crippen molar-refractivity contribution in [2.24, 2.45) is 0 Å². The number of carbonyl (C=O) groups is 1. The summed E-state index contributed by atoms with van der Waals surface area (Å²) in [6.45, 7) is 2.81. The fraction of sp³-hybridized carbons (Fsp3) is 0.939. The van der Waals surface area contributed by atoms with E-state index in [1.165, 1.54) is 122 Å². The standard InChI is InChI=1S/C49H93NO13/c1-3-5-7-9-11-13-14-15-16-17-18-19-20-21-22-23-24-25-27-29-31-33-41(54)50-37(38(53)32-30-28-26-12-10-8-6-4-2)36-60-48-46(59)44(57)47(40(35-52)62-48)63-49-45(58)43(56)42(55)39(34-51)61-49/h17-18,37-40,42-49,51-53,55-59H,3-16,19-36H2,1-2H3,(H,50,54)/b18-17-. The van der Waals surface area contributed by atoms with Gasteiger partial charge in [-0.2, -0.15) is 0 Å². The molecule has 2 fully saturated rings. The third-order valence-electron chi connectivity index (χ3n) is 12.7. The largest absolute Gasteiger partial charge is 0.394 e. The van der Waals surface area contributed by atoms with Crippen molar-refractivity contribution in [3.63, 3.8) is 0 Å². The van der Waals surface area contributed by atoms with Crippen LogP contribution in [0.5, 0.6) is 0 Å². The third-order valence-corrected chi connectivity index (χ3v) is 12.7. The van der Waals surface area contributed by atoms with E-state index in [9.17, 15) is 45.6 Å². The van der Waals surface area contributed by atoms with Gasteiger partial charge < -0.3 is 65.1 Å². The van der Waals surface area contributed by atoms with Crippen molar-refractivity contribution in [3.05, 3.63) is 12.2 Å². The van der Waals surface area contributed by atoms with Crippen LogP contribution in [-0.4, -0.2) is 140 Å². The molecule has 0 bridgehead atoms. The molecule has 12 unspecified atom stereocenters. The van der Waals surface area contributed by atoms with Crippen LogP contribution in [0.4, 0.5) is 0 Å². The Morgan fingerprint density at radius 1 is 0.556 bits per heavy atom. The minimum absolute atomic E-state index is 0.211. The maximum Gasteiger partial charge on any atom is 0.220 e. The molecule has 2 heterocycles. The van der Waals surface area contributed by atoms with Gasteiger partial charge in [0.2, 0.25) is 5.91 Å². The number of hydrogen-bond donors (Lipinski definition) is 9. The maximum atomic E-state index is 13.1. The number of hydrogen-bond acceptors (Lipinski definition) is 13. The molecular weight excluding hydrogens is 811 g/mol. The van der Waals surface area contributed by atoms with Crippen LogP contribution < -0.4 is 5.32 Å². The van der Waals surface area contributed by atoms with Gasteiger partial charge in [0.25, 0.3) is 0 Å². The van der Waals surface area contributed by atoms with Crippen LogP contribution in [-0.2, 0) is 23.7 Å². The molecular formula is C49H93NO13. The average Bonchev–Trinajstić information content (AvgIpc) is 3.28. The maximum absolute atomic E-state index is 13.1. The second kappa shape index (κ2) is 36.8. The first-order valence-electron chi connectivity index (χ1n) is 25.4. The first kappa shape index (κ1) is 57.9. The minimum Gasteiger partial charge on any atom is -0.394 e. The number of nitrogens with one attached hydrogen (secondary N) is 1. The van der Waals surface area contributed by atoms with Crippen LogP contribution in [0.2, 0.25) is 0 Å². The minimum atomic E-state index is -1.78. The van der Waals surface area contributed by atoms with Crippen molar-refractivity contribution in [2.45, 2.75) is 274 Å². The fourth-order valence-electron chi connectivity index (χ4n) is 8.52. The van der Waals surface area contributed by atoms with Gasteiger partial charge >= 0.3 is 0 Å². The lowest BCUT2D eigenvalue weighted by Crippen LogP contribution is -2.65. The molecule has 0 aliphatic carbocycles. The summed E-state index contributed by atoms with van der Waals surface area (Å²) in [4.78, 5) is 13.1. The molecule has 2 aliphatic rings. The number of unbranched alkanes of at least 4 members (excludes halogenated alkanes) is 24. The predicted octanol–water partition coefficient (Wildman–Crippen LogP) is 6.38. The number of ether oxygens (including phenoxy) is 4. The predicted molar refractivity (Wildman–Crippen MR) is 245 cm³/mol. The molecule has 0 aromatic rings. The highest BCUT2D eigenvalue weighted by atomic mass is 16.7. The second-order valence-electron chi connectivity index (χ2n) is 18.3. The molecule has 0 radical (unpaired) electrons. The third kappa shape index (κ3) is 24.4. The number of carbonyl (C=O) groups excluding carboxylic acids is 1. The SMILES string of the molecule is CCCCCCCCCC/C=C\CCCCCCCCCCCC(=O)NC(COC1OC(CO)C(OC2OC(CO)C(O)C(O)C2O)C(O)C1O)C(O)CCCCCCCCCC. The van der Waals surface area contributed by atoms with Crippen LogP contribution in [0.15, 0.2) is 12.2 Å². The van der Waals surface area contributed by atoms with Gasteiger partial charge in [0.05, 0.1) is 32.0 Å². The zero-order valence-electron chi connectivity index (χ0n) is 39.3. The Hall–Kier alpha value is -1.27. The van der Waals surface area contributed by atoms with Gasteiger partial charge in [0.1, 0.15) is 48.8 Å². The van der Waals surface area contributed by atoms with E-state index in [-0.39, 0.29) is 12.5 Å². The van der Waals surface area contributed by atoms with E-state index in [1.54, 1.807) is 0 Å². The highest BCUT2D eigenvalue weighted by molar-refractivity contribution is 5.76. The van der Waals surface area contributed by atoms with Crippen molar-refractivity contribution >= 4 is 5.91 Å². The van der Waals surface area contributed by atoms with Crippen molar-refractivity contribution in [1.82, 2.24) is 5.32 Å². The van der Waals surface area contributed by atoms with Crippen LogP contribution in [0.3, 0.4) is 0 Å². The van der Waals surface area contributed by atoms with E-state index in [2.05, 4.69) is 31.3 Å². The molecule has 0 spiro atoms. The Balaban J connectivity index is 1.75. The Labute approximate surface area is 380 Å². The molecule has 0 aromatic carbocycles. The summed E-state index contributed by atoms with van der Waals surface area (Å²) in [6.07, 6.45) is 21.0. The number of rotatable bonds is 39. The number of amides is 1. The Morgan fingerprint density at radius 3 is 1.51 bits per heavy atom. The van der Waals surface area contributed by atoms with Crippen LogP contribution >= 0.6 is 0 Å². The van der Waals surface area contributed by atoms with Gasteiger partial charge in [-0.25, -0.2) is 0 Å². The van der Waals surface area contributed by atoms with Crippen LogP contribution in [0.25, 0.3) is 0 Å². The van der Waals surface area contributed by atoms with E-state index in [0.29, 0.717) is 12.8 Å². The Morgan fingerprint density at radius 2 is 1.00 bits per heavy atom. The first-order valence-corrected chi connectivity index (χ1v) is 25.4. The monoisotopic (exact) mass is 904 g/mol. The lowest BCUT2D eigenvalue weighted by atomic mass is 9.97. The molecule has 14 heteroatoms. The van der Waals surface area contributed by atoms with Crippen LogP contribution in [0.1, 0.15) is 200 Å². The quantitative estimate of drug-likeness (QED) is 0.0241. The first-order chi connectivity index (χ1) is 30.6. The number of aliphatic hydroxyl groups is 8. The molecule has 0 saturated carbocycles. The second-order valence-corrected chi connectivity index (χ2v) is 18.3. The van der Waals surface area contributed by atoms with E-state index in [0.717, 1.165) is 51.4 Å². The molecule has 63 heavy (non-hydrogen) atoms. The summed E-state index contributed by atoms with van der Waals surface area (Å²) in [6, 6.07) is -0.823. The molecule has 372 valence electrons. The fourth-order valence-corrected chi connectivity index (χ4v) is 8.52. The highest BCUT2D eigenvalue weighted by Gasteiger charge is 2.51. The Kier molecular flexibility index (Phi) is 33.8. The van der Waals surface area contributed by atoms with Crippen LogP contribution in [0, 0.1) is 0 Å². The number of allylic oxidation sites excluding steroid dienone is 2. The summed E-state index contributed by atoms with van der Waals surface area (Å²) >= 11 is 0. The summed E-state index contributed by atoms with van der Waals surface area (Å²) in [5.41, 5.74) is 0. The summed E-state index contributed by atoms with van der Waals surface area (Å²) in [7, 11) is 0. The van der Waals surface area contributed by atoms with Crippen molar-refractivity contribution in [2.75, 3.05) is 19.8 Å². The molecule has 1 amide bonds. The van der Waals surface area contributed by atoms with Crippen molar-refractivity contribution < 1.29 is 64.6 Å². The highest BCUT2D eigenvalue weighted by Crippen LogP contribution is 2.30. The zero-order valence-corrected chi connectivity index (χ0v) is 39.3. The molecule has 14 nitrogen and oxygen atoms in total. The molecule has 12 atom stereocenters. The van der Waals surface area contributed by atoms with E-state index >= 15 is 0 Å². The summed E-state index contributed by atoms with van der Waals surface area (Å²) in [5.74, 6) is -0.211. The van der Waals surface area contributed by atoms with Gasteiger partial charge in [-0.05, 0) is 38.5 Å². The van der Waals surface area contributed by atoms with E-state index in [1.807, 2.05) is 0 Å². The van der Waals surface area contributed by atoms with Gasteiger partial charge in [0.15, 0.2) is 12.6 Å².